The van der Waals surface area contributed by atoms with Gasteiger partial charge in [-0.25, -0.2) is 0 Å². The van der Waals surface area contributed by atoms with Crippen LogP contribution >= 0.6 is 0 Å². The topological polar surface area (TPSA) is 40.5 Å². The van der Waals surface area contributed by atoms with Gasteiger partial charge in [-0.15, -0.1) is 0 Å². The third-order valence-electron chi connectivity index (χ3n) is 1.25. The molecule has 10 heavy (non-hydrogen) atoms. The molecule has 2 N–H and O–H groups in total. The summed E-state index contributed by atoms with van der Waals surface area (Å²) in [5.41, 5.74) is 0. The molecule has 0 aliphatic carbocycles. The molecule has 1 atom stereocenters. The van der Waals surface area contributed by atoms with Crippen molar-refractivity contribution in [1.82, 2.24) is 0 Å². The van der Waals surface area contributed by atoms with Gasteiger partial charge in [-0.05, 0) is 0 Å². The second-order valence-electron chi connectivity index (χ2n) is 2.14. The van der Waals surface area contributed by atoms with Gasteiger partial charge in [0.1, 0.15) is 0 Å². The Morgan fingerprint density at radius 1 is 1.60 bits per heavy atom. The minimum atomic E-state index is -0.347. The molecule has 0 radical (unpaired) electrons. The summed E-state index contributed by atoms with van der Waals surface area (Å²) in [6.45, 7) is 1.88. The van der Waals surface area contributed by atoms with E-state index in [4.69, 9.17) is 10.2 Å². The van der Waals surface area contributed by atoms with Crippen LogP contribution in [0.15, 0.2) is 12.1 Å². The van der Waals surface area contributed by atoms with Crippen LogP contribution in [0.2, 0.25) is 0 Å². The molecular weight excluding hydrogens is 195 g/mol. The van der Waals surface area contributed by atoms with E-state index in [1.165, 1.54) is 0 Å². The zero-order valence-electron chi connectivity index (χ0n) is 5.74. The van der Waals surface area contributed by atoms with E-state index in [0.717, 1.165) is 8.87 Å². The Morgan fingerprint density at radius 3 is 2.60 bits per heavy atom. The summed E-state index contributed by atoms with van der Waals surface area (Å²) in [7, 11) is 0. The fraction of sp³-hybridized carbons (Fsp3) is 0.429. The Bertz CT molecular complexity index is 205. The summed E-state index contributed by atoms with van der Waals surface area (Å²) in [6.07, 6.45) is -0.347. The Kier molecular flexibility index (Phi) is 2.69. The summed E-state index contributed by atoms with van der Waals surface area (Å²) in [4.78, 5) is 0. The van der Waals surface area contributed by atoms with Crippen LogP contribution in [0.5, 0.6) is 0 Å². The van der Waals surface area contributed by atoms with Crippen molar-refractivity contribution >= 4 is 14.5 Å². The van der Waals surface area contributed by atoms with Crippen LogP contribution in [0.3, 0.4) is 0 Å². The first-order chi connectivity index (χ1) is 4.74. The zero-order chi connectivity index (χ0) is 7.56. The Hall–Kier alpha value is -0.0805. The van der Waals surface area contributed by atoms with Crippen molar-refractivity contribution in [1.29, 1.82) is 0 Å². The average Bonchev–Trinajstić information content (AvgIpc) is 2.34. The summed E-state index contributed by atoms with van der Waals surface area (Å²) in [5, 5.41) is 17.8. The zero-order valence-corrected chi connectivity index (χ0v) is 7.45. The summed E-state index contributed by atoms with van der Waals surface area (Å²) < 4.78 is 2.10. The second-order valence-corrected chi connectivity index (χ2v) is 4.66. The van der Waals surface area contributed by atoms with Crippen LogP contribution in [0.25, 0.3) is 0 Å². The average molecular weight is 205 g/mol. The number of rotatable bonds is 2. The molecule has 3 heteroatoms. The molecule has 0 fully saturated rings. The Labute approximate surface area is 65.9 Å². The number of hydrogen-bond donors (Lipinski definition) is 2. The van der Waals surface area contributed by atoms with E-state index in [1.807, 2.05) is 12.1 Å². The molecule has 56 valence electrons. The van der Waals surface area contributed by atoms with E-state index in [9.17, 15) is 0 Å². The van der Waals surface area contributed by atoms with E-state index in [-0.39, 0.29) is 27.2 Å². The SMILES string of the molecule is CC(O)c1ccc(CO)[se]1. The molecule has 0 bridgehead atoms. The van der Waals surface area contributed by atoms with Crippen LogP contribution in [-0.4, -0.2) is 24.7 Å². The molecule has 1 rings (SSSR count). The van der Waals surface area contributed by atoms with Crippen LogP contribution in [0, 0.1) is 0 Å². The fourth-order valence-corrected chi connectivity index (χ4v) is 2.40. The third kappa shape index (κ3) is 1.70. The van der Waals surface area contributed by atoms with Gasteiger partial charge in [-0.3, -0.25) is 0 Å². The van der Waals surface area contributed by atoms with Crippen LogP contribution in [-0.2, 0) is 6.61 Å². The summed E-state index contributed by atoms with van der Waals surface area (Å²) in [6, 6.07) is 3.79. The Morgan fingerprint density at radius 2 is 2.30 bits per heavy atom. The van der Waals surface area contributed by atoms with Crippen LogP contribution in [0.4, 0.5) is 0 Å². The van der Waals surface area contributed by atoms with Gasteiger partial charge in [0.25, 0.3) is 0 Å². The number of hydrogen-bond acceptors (Lipinski definition) is 2. The van der Waals surface area contributed by atoms with Crippen LogP contribution in [0.1, 0.15) is 21.9 Å². The molecule has 1 aromatic rings. The second kappa shape index (κ2) is 3.35. The minimum absolute atomic E-state index is 0.132. The maximum absolute atomic E-state index is 9.10. The third-order valence-corrected chi connectivity index (χ3v) is 3.85. The predicted octanol–water partition coefficient (Wildman–Crippen LogP) is 0.289. The van der Waals surface area contributed by atoms with Crippen molar-refractivity contribution in [3.05, 3.63) is 21.0 Å². The van der Waals surface area contributed by atoms with Gasteiger partial charge in [0.15, 0.2) is 0 Å². The summed E-state index contributed by atoms with van der Waals surface area (Å²) >= 11 is 0.197. The molecule has 0 aromatic carbocycles. The van der Waals surface area contributed by atoms with Gasteiger partial charge in [0, 0.05) is 0 Å². The molecule has 0 aliphatic heterocycles. The first-order valence-corrected chi connectivity index (χ1v) is 4.83. The fourth-order valence-electron chi connectivity index (χ4n) is 0.704. The van der Waals surface area contributed by atoms with Gasteiger partial charge in [0.05, 0.1) is 0 Å². The molecule has 0 saturated carbocycles. The molecule has 0 amide bonds. The van der Waals surface area contributed by atoms with E-state index in [0.29, 0.717) is 0 Å². The van der Waals surface area contributed by atoms with E-state index >= 15 is 0 Å². The number of aliphatic hydroxyl groups excluding tert-OH is 2. The van der Waals surface area contributed by atoms with Gasteiger partial charge >= 0.3 is 65.4 Å². The normalized spacial score (nSPS) is 13.5. The van der Waals surface area contributed by atoms with E-state index in [2.05, 4.69) is 0 Å². The van der Waals surface area contributed by atoms with Crippen molar-refractivity contribution in [2.45, 2.75) is 19.6 Å². The monoisotopic (exact) mass is 206 g/mol. The molecular formula is C7H10O2Se. The Balaban J connectivity index is 2.78. The van der Waals surface area contributed by atoms with Crippen molar-refractivity contribution in [2.75, 3.05) is 0 Å². The molecule has 0 spiro atoms. The molecule has 0 aliphatic rings. The first-order valence-electron chi connectivity index (χ1n) is 3.11. The standard InChI is InChI=1S/C7H10O2Se/c1-5(9)7-3-2-6(4-8)10-7/h2-3,5,8-9H,4H2,1H3. The van der Waals surface area contributed by atoms with Gasteiger partial charge in [-0.1, -0.05) is 0 Å². The van der Waals surface area contributed by atoms with Crippen molar-refractivity contribution in [2.24, 2.45) is 0 Å². The predicted molar refractivity (Wildman–Crippen MR) is 39.9 cm³/mol. The molecule has 1 aromatic heterocycles. The van der Waals surface area contributed by atoms with Gasteiger partial charge in [0.2, 0.25) is 0 Å². The number of aliphatic hydroxyl groups is 2. The maximum atomic E-state index is 9.10. The van der Waals surface area contributed by atoms with Crippen molar-refractivity contribution in [3.63, 3.8) is 0 Å². The van der Waals surface area contributed by atoms with E-state index in [1.54, 1.807) is 6.92 Å². The van der Waals surface area contributed by atoms with Crippen LogP contribution < -0.4 is 0 Å². The van der Waals surface area contributed by atoms with Gasteiger partial charge in [-0.2, -0.15) is 0 Å². The van der Waals surface area contributed by atoms with E-state index < -0.39 is 0 Å². The van der Waals surface area contributed by atoms with Gasteiger partial charge < -0.3 is 0 Å². The molecule has 2 nitrogen and oxygen atoms in total. The quantitative estimate of drug-likeness (QED) is 0.681. The van der Waals surface area contributed by atoms with Crippen molar-refractivity contribution < 1.29 is 10.2 Å². The first kappa shape index (κ1) is 8.02. The summed E-state index contributed by atoms with van der Waals surface area (Å²) in [5.74, 6) is 0. The molecule has 1 heterocycles. The molecule has 1 unspecified atom stereocenters. The molecule has 0 saturated heterocycles. The van der Waals surface area contributed by atoms with Crippen molar-refractivity contribution in [3.8, 4) is 0 Å².